The molecule has 4 nitrogen and oxygen atoms in total. The first-order valence-corrected chi connectivity index (χ1v) is 10.0. The number of nitrogens with one attached hydrogen (secondary N) is 1. The van der Waals surface area contributed by atoms with Gasteiger partial charge in [-0.25, -0.2) is 9.97 Å². The number of hydrogen-bond acceptors (Lipinski definition) is 5. The molecule has 0 saturated carbocycles. The van der Waals surface area contributed by atoms with Gasteiger partial charge in [-0.3, -0.25) is 0 Å². The molecule has 0 amide bonds. The van der Waals surface area contributed by atoms with Gasteiger partial charge in [-0.1, -0.05) is 23.5 Å². The normalized spacial score (nSPS) is 16.7. The molecule has 0 radical (unpaired) electrons. The van der Waals surface area contributed by atoms with Gasteiger partial charge in [0.05, 0.1) is 11.4 Å². The van der Waals surface area contributed by atoms with Gasteiger partial charge >= 0.3 is 0 Å². The molecule has 3 aromatic heterocycles. The number of aryl methyl sites for hydroxylation is 1. The van der Waals surface area contributed by atoms with Gasteiger partial charge in [0.15, 0.2) is 0 Å². The number of hydrogen-bond donors (Lipinski definition) is 1. The largest absolute Gasteiger partial charge is 0.360 e. The van der Waals surface area contributed by atoms with Crippen LogP contribution in [0, 0.1) is 6.92 Å². The van der Waals surface area contributed by atoms with E-state index in [1.165, 1.54) is 27.7 Å². The quantitative estimate of drug-likeness (QED) is 0.451. The van der Waals surface area contributed by atoms with Gasteiger partial charge in [-0.2, -0.15) is 0 Å². The van der Waals surface area contributed by atoms with Crippen molar-refractivity contribution >= 4 is 43.1 Å². The average Bonchev–Trinajstić information content (AvgIpc) is 3.18. The van der Waals surface area contributed by atoms with Crippen LogP contribution >= 0.6 is 11.3 Å². The zero-order valence-corrected chi connectivity index (χ0v) is 16.8. The molecular formula is C22H22N4S. The van der Waals surface area contributed by atoms with Crippen LogP contribution in [-0.2, 0) is 0 Å². The Kier molecular flexibility index (Phi) is 3.46. The summed E-state index contributed by atoms with van der Waals surface area (Å²) >= 11 is 1.66. The Balaban J connectivity index is 1.67. The Hall–Kier alpha value is -2.66. The summed E-state index contributed by atoms with van der Waals surface area (Å²) in [6.07, 6.45) is 2.07. The zero-order valence-electron chi connectivity index (χ0n) is 15.9. The zero-order chi connectivity index (χ0) is 18.8. The summed E-state index contributed by atoms with van der Waals surface area (Å²) in [7, 11) is 0. The molecule has 0 fully saturated rings. The van der Waals surface area contributed by atoms with Gasteiger partial charge < -0.3 is 10.2 Å². The van der Waals surface area contributed by atoms with Crippen molar-refractivity contribution < 1.29 is 0 Å². The van der Waals surface area contributed by atoms with Crippen molar-refractivity contribution in [2.24, 2.45) is 0 Å². The molecule has 4 aromatic rings. The monoisotopic (exact) mass is 374 g/mol. The summed E-state index contributed by atoms with van der Waals surface area (Å²) in [4.78, 5) is 14.0. The van der Waals surface area contributed by atoms with E-state index in [4.69, 9.17) is 4.98 Å². The minimum Gasteiger partial charge on any atom is -0.360 e. The van der Waals surface area contributed by atoms with Crippen molar-refractivity contribution in [3.63, 3.8) is 0 Å². The van der Waals surface area contributed by atoms with Gasteiger partial charge in [0.25, 0.3) is 0 Å². The number of nitrogens with zero attached hydrogens (tertiary/aromatic N) is 3. The second kappa shape index (κ2) is 5.67. The highest BCUT2D eigenvalue weighted by molar-refractivity contribution is 7.25. The van der Waals surface area contributed by atoms with Gasteiger partial charge in [-0.15, -0.1) is 0 Å². The van der Waals surface area contributed by atoms with Crippen molar-refractivity contribution in [1.82, 2.24) is 9.97 Å². The molecule has 0 spiro atoms. The second-order valence-corrected chi connectivity index (χ2v) is 9.11. The number of aromatic nitrogens is 2. The minimum atomic E-state index is -0.0192. The van der Waals surface area contributed by atoms with Crippen molar-refractivity contribution in [2.45, 2.75) is 39.4 Å². The van der Waals surface area contributed by atoms with Crippen LogP contribution in [0.5, 0.6) is 0 Å². The minimum absolute atomic E-state index is 0.0192. The Morgan fingerprint density at radius 2 is 1.85 bits per heavy atom. The van der Waals surface area contributed by atoms with Crippen LogP contribution in [0.3, 0.4) is 0 Å². The second-order valence-electron chi connectivity index (χ2n) is 8.13. The predicted octanol–water partition coefficient (Wildman–Crippen LogP) is 5.88. The highest BCUT2D eigenvalue weighted by atomic mass is 32.1. The van der Waals surface area contributed by atoms with E-state index < -0.39 is 0 Å². The third kappa shape index (κ3) is 2.57. The fraction of sp³-hybridized carbons (Fsp3) is 0.273. The van der Waals surface area contributed by atoms with Crippen molar-refractivity contribution in [3.8, 4) is 0 Å². The van der Waals surface area contributed by atoms with E-state index >= 15 is 0 Å². The summed E-state index contributed by atoms with van der Waals surface area (Å²) in [5, 5.41) is 6.07. The Morgan fingerprint density at radius 3 is 2.67 bits per heavy atom. The van der Waals surface area contributed by atoms with Crippen LogP contribution in [0.1, 0.15) is 38.2 Å². The molecule has 136 valence electrons. The molecule has 0 aliphatic carbocycles. The van der Waals surface area contributed by atoms with Crippen LogP contribution in [-0.4, -0.2) is 15.5 Å². The molecule has 4 heterocycles. The number of thiophene rings is 1. The molecule has 1 aromatic carbocycles. The molecule has 0 saturated heterocycles. The van der Waals surface area contributed by atoms with Crippen LogP contribution in [0.4, 0.5) is 11.4 Å². The SMILES string of the molecule is Cc1ccc2c(n1)sc1ncc(C3Nc4ccccc4N3C(C)(C)C)cc12. The van der Waals surface area contributed by atoms with E-state index in [1.54, 1.807) is 11.3 Å². The van der Waals surface area contributed by atoms with Gasteiger partial charge in [-0.05, 0) is 58.0 Å². The molecule has 1 atom stereocenters. The van der Waals surface area contributed by atoms with E-state index in [2.05, 4.69) is 78.4 Å². The lowest BCUT2D eigenvalue weighted by molar-refractivity contribution is 0.475. The molecule has 1 N–H and O–H groups in total. The van der Waals surface area contributed by atoms with Crippen LogP contribution in [0.15, 0.2) is 48.7 Å². The summed E-state index contributed by atoms with van der Waals surface area (Å²) in [6, 6.07) is 15.0. The first-order valence-electron chi connectivity index (χ1n) is 9.22. The van der Waals surface area contributed by atoms with E-state index in [-0.39, 0.29) is 11.7 Å². The fourth-order valence-electron chi connectivity index (χ4n) is 3.94. The summed E-state index contributed by atoms with van der Waals surface area (Å²) < 4.78 is 0. The first-order chi connectivity index (χ1) is 12.9. The highest BCUT2D eigenvalue weighted by Crippen LogP contribution is 2.45. The molecular weight excluding hydrogens is 352 g/mol. The summed E-state index contributed by atoms with van der Waals surface area (Å²) in [5.41, 5.74) is 4.61. The smallest absolute Gasteiger partial charge is 0.128 e. The molecule has 5 heteroatoms. The van der Waals surface area contributed by atoms with E-state index in [0.29, 0.717) is 0 Å². The standard InChI is InChI=1S/C22H22N4S/c1-13-9-10-15-16-11-14(12-23-20(16)27-21(15)24-13)19-25-17-7-5-6-8-18(17)26(19)22(2,3)4/h5-12,19,25H,1-4H3. The maximum absolute atomic E-state index is 4.78. The van der Waals surface area contributed by atoms with E-state index in [0.717, 1.165) is 15.4 Å². The van der Waals surface area contributed by atoms with Crippen molar-refractivity contribution in [3.05, 3.63) is 59.9 Å². The Morgan fingerprint density at radius 1 is 1.04 bits per heavy atom. The molecule has 27 heavy (non-hydrogen) atoms. The third-order valence-corrected chi connectivity index (χ3v) is 6.13. The number of pyridine rings is 2. The van der Waals surface area contributed by atoms with Crippen LogP contribution < -0.4 is 10.2 Å². The van der Waals surface area contributed by atoms with Gasteiger partial charge in [0.2, 0.25) is 0 Å². The Bertz CT molecular complexity index is 1170. The van der Waals surface area contributed by atoms with Gasteiger partial charge in [0.1, 0.15) is 15.8 Å². The van der Waals surface area contributed by atoms with Crippen molar-refractivity contribution in [1.29, 1.82) is 0 Å². The lowest BCUT2D eigenvalue weighted by Crippen LogP contribution is -2.43. The fourth-order valence-corrected chi connectivity index (χ4v) is 4.98. The third-order valence-electron chi connectivity index (χ3n) is 5.11. The molecule has 1 unspecified atom stereocenters. The molecule has 1 aliphatic heterocycles. The number of benzene rings is 1. The molecule has 0 bridgehead atoms. The van der Waals surface area contributed by atoms with Gasteiger partial charge in [0, 0.05) is 33.8 Å². The van der Waals surface area contributed by atoms with E-state index in [1.807, 2.05) is 13.1 Å². The summed E-state index contributed by atoms with van der Waals surface area (Å²) in [5.74, 6) is 0. The van der Waals surface area contributed by atoms with E-state index in [9.17, 15) is 0 Å². The lowest BCUT2D eigenvalue weighted by atomic mass is 10.0. The highest BCUT2D eigenvalue weighted by Gasteiger charge is 2.37. The molecule has 5 rings (SSSR count). The average molecular weight is 375 g/mol. The lowest BCUT2D eigenvalue weighted by Gasteiger charge is -2.39. The Labute approximate surface area is 162 Å². The first kappa shape index (κ1) is 16.5. The predicted molar refractivity (Wildman–Crippen MR) is 115 cm³/mol. The number of para-hydroxylation sites is 2. The summed E-state index contributed by atoms with van der Waals surface area (Å²) in [6.45, 7) is 8.79. The number of fused-ring (bicyclic) bond motifs is 4. The number of rotatable bonds is 1. The number of anilines is 2. The topological polar surface area (TPSA) is 41.1 Å². The maximum Gasteiger partial charge on any atom is 0.128 e. The maximum atomic E-state index is 4.78. The van der Waals surface area contributed by atoms with Crippen molar-refractivity contribution in [2.75, 3.05) is 10.2 Å². The molecule has 1 aliphatic rings. The van der Waals surface area contributed by atoms with Crippen LogP contribution in [0.25, 0.3) is 20.4 Å². The van der Waals surface area contributed by atoms with Crippen LogP contribution in [0.2, 0.25) is 0 Å².